The molecule has 8 heteroatoms. The second kappa shape index (κ2) is 8.01. The maximum atomic E-state index is 12.5. The largest absolute Gasteiger partial charge is 0.360 e. The molecule has 0 spiro atoms. The number of hydrogen-bond acceptors (Lipinski definition) is 5. The lowest BCUT2D eigenvalue weighted by atomic mass is 9.97. The van der Waals surface area contributed by atoms with E-state index in [0.29, 0.717) is 43.9 Å². The summed E-state index contributed by atoms with van der Waals surface area (Å²) in [5.74, 6) is 0.754. The number of benzene rings is 1. The van der Waals surface area contributed by atoms with E-state index in [2.05, 4.69) is 10.5 Å². The first-order valence-corrected chi connectivity index (χ1v) is 10.3. The minimum atomic E-state index is -3.31. The summed E-state index contributed by atoms with van der Waals surface area (Å²) in [4.78, 5) is 12.3. The van der Waals surface area contributed by atoms with Crippen LogP contribution in [0.1, 0.15) is 24.2 Å². The Kier molecular flexibility index (Phi) is 5.73. The molecule has 1 aliphatic rings. The van der Waals surface area contributed by atoms with E-state index in [0.717, 1.165) is 5.56 Å². The van der Waals surface area contributed by atoms with Gasteiger partial charge in [-0.15, -0.1) is 0 Å². The number of aryl methyl sites for hydroxylation is 2. The van der Waals surface area contributed by atoms with Crippen LogP contribution in [-0.2, 0) is 21.2 Å². The number of amides is 1. The quantitative estimate of drug-likeness (QED) is 0.833. The van der Waals surface area contributed by atoms with Gasteiger partial charge in [0.25, 0.3) is 0 Å². The van der Waals surface area contributed by atoms with Gasteiger partial charge < -0.3 is 9.84 Å². The Balaban J connectivity index is 1.50. The molecule has 3 rings (SSSR count). The van der Waals surface area contributed by atoms with Crippen molar-refractivity contribution in [2.24, 2.45) is 5.92 Å². The maximum absolute atomic E-state index is 12.5. The van der Waals surface area contributed by atoms with Gasteiger partial charge in [0, 0.05) is 25.1 Å². The van der Waals surface area contributed by atoms with Crippen LogP contribution in [0.5, 0.6) is 0 Å². The fourth-order valence-corrected chi connectivity index (χ4v) is 4.59. The molecule has 1 amide bonds. The van der Waals surface area contributed by atoms with E-state index in [1.54, 1.807) is 13.0 Å². The van der Waals surface area contributed by atoms with Crippen LogP contribution in [0.15, 0.2) is 40.9 Å². The van der Waals surface area contributed by atoms with E-state index in [4.69, 9.17) is 4.52 Å². The fraction of sp³-hybridized carbons (Fsp3) is 0.444. The zero-order valence-corrected chi connectivity index (χ0v) is 15.5. The van der Waals surface area contributed by atoms with Gasteiger partial charge in [-0.05, 0) is 31.7 Å². The molecule has 0 bridgehead atoms. The van der Waals surface area contributed by atoms with Crippen molar-refractivity contribution >= 4 is 21.7 Å². The third-order valence-electron chi connectivity index (χ3n) is 4.59. The Labute approximate surface area is 153 Å². The summed E-state index contributed by atoms with van der Waals surface area (Å²) in [5.41, 5.74) is 1.01. The summed E-state index contributed by atoms with van der Waals surface area (Å²) in [6.45, 7) is 2.49. The maximum Gasteiger partial charge on any atom is 0.228 e. The molecule has 1 saturated heterocycles. The first kappa shape index (κ1) is 18.6. The van der Waals surface area contributed by atoms with E-state index in [-0.39, 0.29) is 17.6 Å². The molecular weight excluding hydrogens is 354 g/mol. The van der Waals surface area contributed by atoms with E-state index in [9.17, 15) is 13.2 Å². The standard InChI is InChI=1S/C18H23N3O4S/c1-14-13-17(20-25-14)19-18(22)16-7-10-21(11-8-16)26(23,24)12-9-15-5-3-2-4-6-15/h2-6,13,16H,7-12H2,1H3,(H,19,20,22). The molecule has 1 N–H and O–H groups in total. The number of aromatic nitrogens is 1. The molecule has 0 radical (unpaired) electrons. The Morgan fingerprint density at radius 3 is 2.58 bits per heavy atom. The van der Waals surface area contributed by atoms with Gasteiger partial charge in [-0.1, -0.05) is 35.5 Å². The lowest BCUT2D eigenvalue weighted by Gasteiger charge is -2.30. The Bertz CT molecular complexity index is 840. The molecule has 1 fully saturated rings. The highest BCUT2D eigenvalue weighted by Gasteiger charge is 2.31. The molecule has 140 valence electrons. The second-order valence-corrected chi connectivity index (χ2v) is 8.63. The van der Waals surface area contributed by atoms with Crippen LogP contribution in [0.4, 0.5) is 5.82 Å². The van der Waals surface area contributed by atoms with Gasteiger partial charge in [-0.25, -0.2) is 12.7 Å². The average molecular weight is 377 g/mol. The first-order valence-electron chi connectivity index (χ1n) is 8.70. The number of anilines is 1. The summed E-state index contributed by atoms with van der Waals surface area (Å²) in [6.07, 6.45) is 1.51. The smallest absolute Gasteiger partial charge is 0.228 e. The lowest BCUT2D eigenvalue weighted by Crippen LogP contribution is -2.42. The van der Waals surface area contributed by atoms with Gasteiger partial charge >= 0.3 is 0 Å². The average Bonchev–Trinajstić information content (AvgIpc) is 3.06. The van der Waals surface area contributed by atoms with Gasteiger partial charge in [0.15, 0.2) is 5.82 Å². The van der Waals surface area contributed by atoms with Crippen LogP contribution in [0.25, 0.3) is 0 Å². The van der Waals surface area contributed by atoms with E-state index >= 15 is 0 Å². The van der Waals surface area contributed by atoms with Gasteiger partial charge in [-0.3, -0.25) is 4.79 Å². The van der Waals surface area contributed by atoms with Crippen LogP contribution in [0, 0.1) is 12.8 Å². The van der Waals surface area contributed by atoms with E-state index in [1.165, 1.54) is 4.31 Å². The van der Waals surface area contributed by atoms with Crippen LogP contribution in [0.2, 0.25) is 0 Å². The zero-order valence-electron chi connectivity index (χ0n) is 14.7. The van der Waals surface area contributed by atoms with Gasteiger partial charge in [0.1, 0.15) is 5.76 Å². The normalized spacial score (nSPS) is 16.5. The summed E-state index contributed by atoms with van der Waals surface area (Å²) >= 11 is 0. The molecule has 0 saturated carbocycles. The molecule has 1 aromatic carbocycles. The molecule has 7 nitrogen and oxygen atoms in total. The van der Waals surface area contributed by atoms with Crippen molar-refractivity contribution in [2.75, 3.05) is 24.2 Å². The third kappa shape index (κ3) is 4.70. The number of hydrogen-bond donors (Lipinski definition) is 1. The summed E-state index contributed by atoms with van der Waals surface area (Å²) in [7, 11) is -3.31. The molecule has 2 heterocycles. The first-order chi connectivity index (χ1) is 12.4. The number of piperidine rings is 1. The topological polar surface area (TPSA) is 92.5 Å². The second-order valence-electron chi connectivity index (χ2n) is 6.54. The van der Waals surface area contributed by atoms with Gasteiger partial charge in [-0.2, -0.15) is 0 Å². The Hall–Kier alpha value is -2.19. The third-order valence-corrected chi connectivity index (χ3v) is 6.46. The summed E-state index contributed by atoms with van der Waals surface area (Å²) in [5, 5.41) is 6.47. The van der Waals surface area contributed by atoms with E-state index in [1.807, 2.05) is 30.3 Å². The fourth-order valence-electron chi connectivity index (χ4n) is 3.07. The Morgan fingerprint density at radius 2 is 1.96 bits per heavy atom. The van der Waals surface area contributed by atoms with Crippen molar-refractivity contribution in [3.05, 3.63) is 47.7 Å². The van der Waals surface area contributed by atoms with Crippen LogP contribution >= 0.6 is 0 Å². The summed E-state index contributed by atoms with van der Waals surface area (Å²) in [6, 6.07) is 11.2. The van der Waals surface area contributed by atoms with Gasteiger partial charge in [0.05, 0.1) is 5.75 Å². The number of sulfonamides is 1. The van der Waals surface area contributed by atoms with Crippen LogP contribution < -0.4 is 5.32 Å². The molecule has 1 aromatic heterocycles. The molecule has 26 heavy (non-hydrogen) atoms. The molecule has 0 aliphatic carbocycles. The number of rotatable bonds is 6. The van der Waals surface area contributed by atoms with Crippen molar-refractivity contribution in [3.63, 3.8) is 0 Å². The van der Waals surface area contributed by atoms with E-state index < -0.39 is 10.0 Å². The van der Waals surface area contributed by atoms with Crippen molar-refractivity contribution < 1.29 is 17.7 Å². The minimum absolute atomic E-state index is 0.0894. The Morgan fingerprint density at radius 1 is 1.27 bits per heavy atom. The van der Waals surface area contributed by atoms with Gasteiger partial charge in [0.2, 0.25) is 15.9 Å². The summed E-state index contributed by atoms with van der Waals surface area (Å²) < 4.78 is 31.5. The molecule has 2 aromatic rings. The van der Waals surface area contributed by atoms with Crippen LogP contribution in [-0.4, -0.2) is 42.6 Å². The predicted octanol–water partition coefficient (Wildman–Crippen LogP) is 2.21. The molecular formula is C18H23N3O4S. The minimum Gasteiger partial charge on any atom is -0.360 e. The van der Waals surface area contributed by atoms with Crippen molar-refractivity contribution in [3.8, 4) is 0 Å². The number of carbonyl (C=O) groups is 1. The van der Waals surface area contributed by atoms with Crippen LogP contribution in [0.3, 0.4) is 0 Å². The number of carbonyl (C=O) groups excluding carboxylic acids is 1. The van der Waals surface area contributed by atoms with Crippen molar-refractivity contribution in [2.45, 2.75) is 26.2 Å². The van der Waals surface area contributed by atoms with Crippen molar-refractivity contribution in [1.82, 2.24) is 9.46 Å². The predicted molar refractivity (Wildman–Crippen MR) is 98.1 cm³/mol. The highest BCUT2D eigenvalue weighted by molar-refractivity contribution is 7.89. The number of nitrogens with zero attached hydrogens (tertiary/aromatic N) is 2. The lowest BCUT2D eigenvalue weighted by molar-refractivity contribution is -0.120. The molecule has 0 unspecified atom stereocenters. The molecule has 0 atom stereocenters. The highest BCUT2D eigenvalue weighted by atomic mass is 32.2. The zero-order chi connectivity index (χ0) is 18.6. The monoisotopic (exact) mass is 377 g/mol. The number of nitrogens with one attached hydrogen (secondary N) is 1. The molecule has 1 aliphatic heterocycles. The SMILES string of the molecule is Cc1cc(NC(=O)C2CCN(S(=O)(=O)CCc3ccccc3)CC2)no1. The van der Waals surface area contributed by atoms with Crippen molar-refractivity contribution in [1.29, 1.82) is 0 Å². The highest BCUT2D eigenvalue weighted by Crippen LogP contribution is 2.22.